The molecule has 160 valence electrons. The van der Waals surface area contributed by atoms with Crippen LogP contribution in [0.15, 0.2) is 36.5 Å². The molecule has 0 aliphatic carbocycles. The first-order valence-electron chi connectivity index (χ1n) is 10.2. The topological polar surface area (TPSA) is 80.1 Å². The quantitative estimate of drug-likeness (QED) is 0.489. The van der Waals surface area contributed by atoms with Crippen LogP contribution in [0.5, 0.6) is 0 Å². The molecule has 2 aromatic heterocycles. The van der Waals surface area contributed by atoms with Crippen molar-refractivity contribution >= 4 is 27.8 Å². The van der Waals surface area contributed by atoms with E-state index in [0.717, 1.165) is 39.1 Å². The van der Waals surface area contributed by atoms with Crippen LogP contribution >= 0.6 is 0 Å². The van der Waals surface area contributed by atoms with Gasteiger partial charge in [-0.2, -0.15) is 5.10 Å². The number of fused-ring (bicyclic) bond motifs is 2. The van der Waals surface area contributed by atoms with Gasteiger partial charge in [0, 0.05) is 34.1 Å². The Bertz CT molecular complexity index is 1320. The SMILES string of the molecule is CC(C)c1c(C2COC(C(=O)O)C2)c2cc3[nH]ncc3cc2n1-c1ccc(F)c(F)c1. The Morgan fingerprint density at radius 1 is 1.26 bits per heavy atom. The summed E-state index contributed by atoms with van der Waals surface area (Å²) in [6, 6.07) is 7.82. The lowest BCUT2D eigenvalue weighted by Gasteiger charge is -2.18. The Balaban J connectivity index is 1.83. The second kappa shape index (κ2) is 7.16. The summed E-state index contributed by atoms with van der Waals surface area (Å²) in [6.07, 6.45) is 1.21. The van der Waals surface area contributed by atoms with Crippen molar-refractivity contribution < 1.29 is 23.4 Å². The van der Waals surface area contributed by atoms with E-state index in [-0.39, 0.29) is 18.4 Å². The number of aromatic nitrogens is 3. The van der Waals surface area contributed by atoms with Crippen molar-refractivity contribution in [3.8, 4) is 5.69 Å². The molecule has 8 heteroatoms. The van der Waals surface area contributed by atoms with E-state index >= 15 is 0 Å². The average molecular weight is 425 g/mol. The van der Waals surface area contributed by atoms with Gasteiger partial charge < -0.3 is 14.4 Å². The van der Waals surface area contributed by atoms with Crippen molar-refractivity contribution in [1.82, 2.24) is 14.8 Å². The first kappa shape index (κ1) is 19.7. The van der Waals surface area contributed by atoms with Crippen LogP contribution < -0.4 is 0 Å². The van der Waals surface area contributed by atoms with Gasteiger partial charge in [0.2, 0.25) is 0 Å². The third-order valence-corrected chi connectivity index (χ3v) is 5.99. The molecule has 1 saturated heterocycles. The largest absolute Gasteiger partial charge is 0.479 e. The van der Waals surface area contributed by atoms with E-state index in [0.29, 0.717) is 12.1 Å². The number of carboxylic acid groups (broad SMARTS) is 1. The van der Waals surface area contributed by atoms with Crippen molar-refractivity contribution in [2.24, 2.45) is 0 Å². The number of carboxylic acids is 1. The van der Waals surface area contributed by atoms with E-state index in [4.69, 9.17) is 4.74 Å². The molecule has 0 radical (unpaired) electrons. The van der Waals surface area contributed by atoms with Gasteiger partial charge in [0.1, 0.15) is 0 Å². The molecule has 0 bridgehead atoms. The first-order valence-corrected chi connectivity index (χ1v) is 10.2. The molecule has 0 amide bonds. The van der Waals surface area contributed by atoms with Crippen LogP contribution in [-0.4, -0.2) is 38.6 Å². The number of benzene rings is 2. The zero-order valence-corrected chi connectivity index (χ0v) is 17.0. The molecule has 0 saturated carbocycles. The summed E-state index contributed by atoms with van der Waals surface area (Å²) >= 11 is 0. The fourth-order valence-corrected chi connectivity index (χ4v) is 4.67. The number of ether oxygens (including phenoxy) is 1. The molecule has 3 heterocycles. The number of hydrogen-bond donors (Lipinski definition) is 2. The zero-order valence-electron chi connectivity index (χ0n) is 17.0. The van der Waals surface area contributed by atoms with Crippen molar-refractivity contribution in [3.63, 3.8) is 0 Å². The molecule has 5 rings (SSSR count). The Morgan fingerprint density at radius 3 is 2.74 bits per heavy atom. The van der Waals surface area contributed by atoms with Gasteiger partial charge in [-0.15, -0.1) is 0 Å². The minimum absolute atomic E-state index is 0.0378. The Morgan fingerprint density at radius 2 is 2.06 bits per heavy atom. The molecule has 0 spiro atoms. The van der Waals surface area contributed by atoms with Crippen LogP contribution in [0.1, 0.15) is 43.4 Å². The lowest BCUT2D eigenvalue weighted by molar-refractivity contribution is -0.147. The second-order valence-corrected chi connectivity index (χ2v) is 8.31. The van der Waals surface area contributed by atoms with Crippen LogP contribution in [0.2, 0.25) is 0 Å². The molecule has 2 N–H and O–H groups in total. The van der Waals surface area contributed by atoms with Gasteiger partial charge in [-0.05, 0) is 42.2 Å². The Kier molecular flexibility index (Phi) is 4.55. The van der Waals surface area contributed by atoms with E-state index in [1.54, 1.807) is 12.3 Å². The van der Waals surface area contributed by atoms with Gasteiger partial charge in [0.05, 0.1) is 23.8 Å². The number of aliphatic carboxylic acids is 1. The van der Waals surface area contributed by atoms with Crippen molar-refractivity contribution in [1.29, 1.82) is 0 Å². The molecule has 4 aromatic rings. The van der Waals surface area contributed by atoms with Crippen LogP contribution in [0.25, 0.3) is 27.5 Å². The predicted octanol–water partition coefficient (Wildman–Crippen LogP) is 4.87. The lowest BCUT2D eigenvalue weighted by atomic mass is 9.90. The molecule has 1 aliphatic rings. The number of carbonyl (C=O) groups is 1. The minimum Gasteiger partial charge on any atom is -0.479 e. The number of nitrogens with zero attached hydrogens (tertiary/aromatic N) is 2. The van der Waals surface area contributed by atoms with E-state index in [9.17, 15) is 18.7 Å². The normalized spacial score (nSPS) is 19.1. The van der Waals surface area contributed by atoms with Gasteiger partial charge in [-0.1, -0.05) is 13.8 Å². The molecular formula is C23H21F2N3O3. The Labute approximate surface area is 176 Å². The lowest BCUT2D eigenvalue weighted by Crippen LogP contribution is -2.18. The summed E-state index contributed by atoms with van der Waals surface area (Å²) in [6.45, 7) is 4.35. The molecular weight excluding hydrogens is 404 g/mol. The number of halogens is 2. The van der Waals surface area contributed by atoms with E-state index in [2.05, 4.69) is 10.2 Å². The molecule has 31 heavy (non-hydrogen) atoms. The number of H-pyrrole nitrogens is 1. The summed E-state index contributed by atoms with van der Waals surface area (Å²) < 4.78 is 35.3. The summed E-state index contributed by atoms with van der Waals surface area (Å²) in [5.74, 6) is -2.90. The highest BCUT2D eigenvalue weighted by atomic mass is 19.2. The van der Waals surface area contributed by atoms with E-state index < -0.39 is 23.7 Å². The summed E-state index contributed by atoms with van der Waals surface area (Å²) in [5, 5.41) is 18.3. The minimum atomic E-state index is -0.978. The summed E-state index contributed by atoms with van der Waals surface area (Å²) in [5.41, 5.74) is 4.10. The highest BCUT2D eigenvalue weighted by molar-refractivity contribution is 5.99. The van der Waals surface area contributed by atoms with Gasteiger partial charge in [-0.25, -0.2) is 13.6 Å². The predicted molar refractivity (Wildman–Crippen MR) is 112 cm³/mol. The fourth-order valence-electron chi connectivity index (χ4n) is 4.67. The monoisotopic (exact) mass is 425 g/mol. The van der Waals surface area contributed by atoms with Gasteiger partial charge >= 0.3 is 5.97 Å². The molecule has 1 aliphatic heterocycles. The molecule has 1 fully saturated rings. The van der Waals surface area contributed by atoms with E-state index in [1.165, 1.54) is 6.07 Å². The maximum absolute atomic E-state index is 14.2. The van der Waals surface area contributed by atoms with Crippen LogP contribution in [0.3, 0.4) is 0 Å². The van der Waals surface area contributed by atoms with Crippen molar-refractivity contribution in [2.75, 3.05) is 6.61 Å². The van der Waals surface area contributed by atoms with E-state index in [1.807, 2.05) is 30.5 Å². The summed E-state index contributed by atoms with van der Waals surface area (Å²) in [7, 11) is 0. The maximum Gasteiger partial charge on any atom is 0.332 e. The highest BCUT2D eigenvalue weighted by Crippen LogP contribution is 2.43. The molecule has 2 aromatic carbocycles. The van der Waals surface area contributed by atoms with Crippen molar-refractivity contribution in [2.45, 2.75) is 38.2 Å². The molecule has 6 nitrogen and oxygen atoms in total. The van der Waals surface area contributed by atoms with Gasteiger partial charge in [-0.3, -0.25) is 5.10 Å². The summed E-state index contributed by atoms with van der Waals surface area (Å²) in [4.78, 5) is 11.5. The fraction of sp³-hybridized carbons (Fsp3) is 0.304. The highest BCUT2D eigenvalue weighted by Gasteiger charge is 2.36. The zero-order chi connectivity index (χ0) is 21.9. The van der Waals surface area contributed by atoms with Crippen LogP contribution in [0.4, 0.5) is 8.78 Å². The first-order chi connectivity index (χ1) is 14.8. The number of hydrogen-bond acceptors (Lipinski definition) is 3. The third-order valence-electron chi connectivity index (χ3n) is 5.99. The second-order valence-electron chi connectivity index (χ2n) is 8.31. The van der Waals surface area contributed by atoms with Crippen LogP contribution in [-0.2, 0) is 9.53 Å². The smallest absolute Gasteiger partial charge is 0.332 e. The van der Waals surface area contributed by atoms with Gasteiger partial charge in [0.25, 0.3) is 0 Å². The van der Waals surface area contributed by atoms with Crippen LogP contribution in [0, 0.1) is 11.6 Å². The molecule has 2 atom stereocenters. The number of rotatable bonds is 4. The molecule has 2 unspecified atom stereocenters. The van der Waals surface area contributed by atoms with Gasteiger partial charge in [0.15, 0.2) is 17.7 Å². The Hall–Kier alpha value is -3.26. The number of aromatic amines is 1. The maximum atomic E-state index is 14.2. The average Bonchev–Trinajstić information content (AvgIpc) is 3.44. The standard InChI is InChI=1S/C23H21F2N3O3/c1-11(2)22-21(13-6-20(23(29)30)31-10-13)15-8-18-12(9-26-27-18)5-19(15)28(22)14-3-4-16(24)17(25)7-14/h3-5,7-9,11,13,20H,6,10H2,1-2H3,(H,26,27)(H,29,30). The van der Waals surface area contributed by atoms with Crippen molar-refractivity contribution in [3.05, 3.63) is 59.4 Å². The third kappa shape index (κ3) is 3.09. The number of nitrogens with one attached hydrogen (secondary N) is 1.